The molecule has 10 aromatic rings. The second kappa shape index (κ2) is 13.7. The van der Waals surface area contributed by atoms with Gasteiger partial charge in [0.1, 0.15) is 11.2 Å². The van der Waals surface area contributed by atoms with E-state index in [9.17, 15) is 0 Å². The van der Waals surface area contributed by atoms with Crippen molar-refractivity contribution in [3.05, 3.63) is 246 Å². The lowest BCUT2D eigenvalue weighted by atomic mass is 9.67. The largest absolute Gasteiger partial charge is 0.455 e. The van der Waals surface area contributed by atoms with Crippen LogP contribution in [0.5, 0.6) is 0 Å². The number of anilines is 3. The molecule has 2 heteroatoms. The zero-order chi connectivity index (χ0) is 38.6. The molecule has 0 amide bonds. The van der Waals surface area contributed by atoms with Crippen molar-refractivity contribution in [3.8, 4) is 33.4 Å². The molecule has 0 bridgehead atoms. The van der Waals surface area contributed by atoms with Crippen molar-refractivity contribution >= 4 is 39.0 Å². The van der Waals surface area contributed by atoms with Crippen molar-refractivity contribution in [3.63, 3.8) is 0 Å². The number of rotatable bonds is 7. The van der Waals surface area contributed by atoms with Crippen LogP contribution in [0.15, 0.2) is 223 Å². The summed E-state index contributed by atoms with van der Waals surface area (Å²) in [6.45, 7) is 2.16. The Morgan fingerprint density at radius 3 is 1.57 bits per heavy atom. The highest BCUT2D eigenvalue weighted by Gasteiger charge is 2.45. The summed E-state index contributed by atoms with van der Waals surface area (Å²) in [5, 5.41) is 2.27. The van der Waals surface area contributed by atoms with Crippen LogP contribution in [0, 0.1) is 6.92 Å². The Bertz CT molecular complexity index is 3060. The topological polar surface area (TPSA) is 16.4 Å². The lowest BCUT2D eigenvalue weighted by Crippen LogP contribution is -2.28. The fourth-order valence-corrected chi connectivity index (χ4v) is 9.41. The minimum absolute atomic E-state index is 0.467. The molecule has 0 saturated carbocycles. The van der Waals surface area contributed by atoms with E-state index in [1.54, 1.807) is 0 Å². The van der Waals surface area contributed by atoms with Crippen LogP contribution in [0.3, 0.4) is 0 Å². The molecule has 0 fully saturated rings. The Labute approximate surface area is 338 Å². The first-order valence-corrected chi connectivity index (χ1v) is 20.0. The van der Waals surface area contributed by atoms with E-state index in [2.05, 4.69) is 218 Å². The van der Waals surface area contributed by atoms with Gasteiger partial charge in [0.25, 0.3) is 0 Å². The molecule has 0 radical (unpaired) electrons. The number of furan rings is 1. The van der Waals surface area contributed by atoms with Gasteiger partial charge in [-0.05, 0) is 87.8 Å². The SMILES string of the molecule is Cc1ccc(C2(c3ccc(N(c4ccc(-c5cccc6c5oc5ccccc56)cc4)c4ccccc4-c4ccccc4)cc3)c3ccccc3-c3ccccc32)cc1. The van der Waals surface area contributed by atoms with Gasteiger partial charge >= 0.3 is 0 Å². The molecule has 1 aromatic heterocycles. The summed E-state index contributed by atoms with van der Waals surface area (Å²) >= 11 is 0. The van der Waals surface area contributed by atoms with E-state index in [0.29, 0.717) is 0 Å². The molecule has 2 nitrogen and oxygen atoms in total. The van der Waals surface area contributed by atoms with E-state index in [-0.39, 0.29) is 0 Å². The lowest BCUT2D eigenvalue weighted by Gasteiger charge is -2.34. The van der Waals surface area contributed by atoms with Gasteiger partial charge in [0.05, 0.1) is 11.1 Å². The number of hydrogen-bond acceptors (Lipinski definition) is 2. The van der Waals surface area contributed by atoms with Crippen LogP contribution in [-0.4, -0.2) is 0 Å². The summed E-state index contributed by atoms with van der Waals surface area (Å²) in [7, 11) is 0. The van der Waals surface area contributed by atoms with Crippen LogP contribution in [0.25, 0.3) is 55.3 Å². The van der Waals surface area contributed by atoms with E-state index in [1.165, 1.54) is 44.5 Å². The maximum Gasteiger partial charge on any atom is 0.143 e. The first kappa shape index (κ1) is 33.9. The third-order valence-electron chi connectivity index (χ3n) is 12.1. The highest BCUT2D eigenvalue weighted by atomic mass is 16.3. The molecule has 274 valence electrons. The zero-order valence-corrected chi connectivity index (χ0v) is 32.1. The average molecular weight is 742 g/mol. The van der Waals surface area contributed by atoms with E-state index in [4.69, 9.17) is 4.42 Å². The third kappa shape index (κ3) is 5.26. The van der Waals surface area contributed by atoms with Crippen molar-refractivity contribution in [1.82, 2.24) is 0 Å². The average Bonchev–Trinajstić information content (AvgIpc) is 3.82. The summed E-state index contributed by atoms with van der Waals surface area (Å²) in [6, 6.07) is 79.4. The molecule has 58 heavy (non-hydrogen) atoms. The van der Waals surface area contributed by atoms with Crippen molar-refractivity contribution in [2.24, 2.45) is 0 Å². The van der Waals surface area contributed by atoms with Crippen molar-refractivity contribution in [2.45, 2.75) is 12.3 Å². The number of aryl methyl sites for hydroxylation is 1. The quantitative estimate of drug-likeness (QED) is 0.162. The molecular weight excluding hydrogens is 703 g/mol. The van der Waals surface area contributed by atoms with Gasteiger partial charge in [0, 0.05) is 33.3 Å². The summed E-state index contributed by atoms with van der Waals surface area (Å²) < 4.78 is 6.45. The minimum Gasteiger partial charge on any atom is -0.455 e. The van der Waals surface area contributed by atoms with Gasteiger partial charge in [0.2, 0.25) is 0 Å². The van der Waals surface area contributed by atoms with Crippen molar-refractivity contribution in [1.29, 1.82) is 0 Å². The second-order valence-electron chi connectivity index (χ2n) is 15.3. The van der Waals surface area contributed by atoms with Gasteiger partial charge in [-0.1, -0.05) is 188 Å². The molecule has 0 N–H and O–H groups in total. The molecule has 9 aromatic carbocycles. The van der Waals surface area contributed by atoms with Gasteiger partial charge in [-0.15, -0.1) is 0 Å². The van der Waals surface area contributed by atoms with E-state index < -0.39 is 5.41 Å². The Morgan fingerprint density at radius 1 is 0.379 bits per heavy atom. The molecule has 0 atom stereocenters. The standard InChI is InChI=1S/C56H39NO/c1-38-26-30-41(31-27-38)56(51-22-9-5-17-47(51)48-18-6-10-23-52(48)56)42-32-36-44(37-33-42)57(53-24-11-7-16-45(53)39-14-3-2-4-15-39)43-34-28-40(29-35-43)46-20-13-21-50-49-19-8-12-25-54(49)58-55(46)50/h2-37H,1H3. The van der Waals surface area contributed by atoms with Crippen LogP contribution in [0.4, 0.5) is 17.1 Å². The summed E-state index contributed by atoms with van der Waals surface area (Å²) in [6.07, 6.45) is 0. The minimum atomic E-state index is -0.467. The Kier molecular flexibility index (Phi) is 7.97. The third-order valence-corrected chi connectivity index (χ3v) is 12.1. The number of benzene rings is 9. The molecule has 1 aliphatic carbocycles. The first-order chi connectivity index (χ1) is 28.7. The van der Waals surface area contributed by atoms with Crippen molar-refractivity contribution in [2.75, 3.05) is 4.90 Å². The number of para-hydroxylation sites is 3. The van der Waals surface area contributed by atoms with E-state index in [1.807, 2.05) is 12.1 Å². The summed E-state index contributed by atoms with van der Waals surface area (Å²) in [4.78, 5) is 2.40. The molecule has 0 aliphatic heterocycles. The Hall–Kier alpha value is -7.42. The smallest absolute Gasteiger partial charge is 0.143 e. The van der Waals surface area contributed by atoms with Crippen molar-refractivity contribution < 1.29 is 4.42 Å². The van der Waals surface area contributed by atoms with Crippen LogP contribution >= 0.6 is 0 Å². The molecule has 1 aliphatic rings. The molecule has 1 heterocycles. The lowest BCUT2D eigenvalue weighted by molar-refractivity contribution is 0.670. The maximum atomic E-state index is 6.45. The van der Waals surface area contributed by atoms with E-state index >= 15 is 0 Å². The monoisotopic (exact) mass is 741 g/mol. The predicted molar refractivity (Wildman–Crippen MR) is 241 cm³/mol. The molecule has 0 spiro atoms. The normalized spacial score (nSPS) is 12.7. The molecule has 0 unspecified atom stereocenters. The summed E-state index contributed by atoms with van der Waals surface area (Å²) in [5.74, 6) is 0. The Morgan fingerprint density at radius 2 is 0.879 bits per heavy atom. The van der Waals surface area contributed by atoms with Crippen LogP contribution in [-0.2, 0) is 5.41 Å². The first-order valence-electron chi connectivity index (χ1n) is 20.0. The van der Waals surface area contributed by atoms with Gasteiger partial charge < -0.3 is 9.32 Å². The summed E-state index contributed by atoms with van der Waals surface area (Å²) in [5.41, 5.74) is 18.1. The van der Waals surface area contributed by atoms with Gasteiger partial charge in [-0.25, -0.2) is 0 Å². The predicted octanol–water partition coefficient (Wildman–Crippen LogP) is 15.1. The fourth-order valence-electron chi connectivity index (χ4n) is 9.41. The van der Waals surface area contributed by atoms with E-state index in [0.717, 1.165) is 55.7 Å². The van der Waals surface area contributed by atoms with Crippen LogP contribution in [0.1, 0.15) is 27.8 Å². The Balaban J connectivity index is 1.08. The molecule has 0 saturated heterocycles. The maximum absolute atomic E-state index is 6.45. The highest BCUT2D eigenvalue weighted by Crippen LogP contribution is 2.56. The zero-order valence-electron chi connectivity index (χ0n) is 32.1. The van der Waals surface area contributed by atoms with Crippen LogP contribution < -0.4 is 4.90 Å². The molecular formula is C56H39NO. The number of fused-ring (bicyclic) bond motifs is 6. The van der Waals surface area contributed by atoms with Gasteiger partial charge in [-0.2, -0.15) is 0 Å². The molecule has 11 rings (SSSR count). The number of nitrogens with zero attached hydrogens (tertiary/aromatic N) is 1. The number of hydrogen-bond donors (Lipinski definition) is 0. The highest BCUT2D eigenvalue weighted by molar-refractivity contribution is 6.09. The fraction of sp³-hybridized carbons (Fsp3) is 0.0357. The van der Waals surface area contributed by atoms with Gasteiger partial charge in [-0.3, -0.25) is 0 Å². The second-order valence-corrected chi connectivity index (χ2v) is 15.3. The van der Waals surface area contributed by atoms with Gasteiger partial charge in [0.15, 0.2) is 0 Å². The van der Waals surface area contributed by atoms with Crippen LogP contribution in [0.2, 0.25) is 0 Å².